The molecule has 2 heterocycles. The first-order chi connectivity index (χ1) is 9.79. The smallest absolute Gasteiger partial charge is 0.191 e. The van der Waals surface area contributed by atoms with Gasteiger partial charge in [0.15, 0.2) is 5.96 Å². The highest BCUT2D eigenvalue weighted by Crippen LogP contribution is 2.12. The fraction of sp³-hybridized carbons (Fsp3) is 0.429. The van der Waals surface area contributed by atoms with Crippen molar-refractivity contribution in [3.8, 4) is 0 Å². The molecule has 0 saturated carbocycles. The average molecular weight is 291 g/mol. The summed E-state index contributed by atoms with van der Waals surface area (Å²) in [4.78, 5) is 10.0. The van der Waals surface area contributed by atoms with E-state index in [-0.39, 0.29) is 0 Å². The van der Waals surface area contributed by atoms with E-state index in [1.807, 2.05) is 24.6 Å². The first-order valence-corrected chi connectivity index (χ1v) is 7.69. The predicted octanol–water partition coefficient (Wildman–Crippen LogP) is 2.01. The third-order valence-electron chi connectivity index (χ3n) is 2.90. The van der Waals surface area contributed by atoms with E-state index < -0.39 is 0 Å². The fourth-order valence-corrected chi connectivity index (χ4v) is 2.49. The number of nitrogens with zero attached hydrogens (tertiary/aromatic N) is 3. The van der Waals surface area contributed by atoms with Crippen molar-refractivity contribution in [2.75, 3.05) is 13.1 Å². The van der Waals surface area contributed by atoms with Gasteiger partial charge in [-0.3, -0.25) is 0 Å². The molecule has 2 aromatic heterocycles. The van der Waals surface area contributed by atoms with Gasteiger partial charge in [0.1, 0.15) is 0 Å². The number of thiazole rings is 1. The molecular formula is C14H21N5S. The third-order valence-corrected chi connectivity index (χ3v) is 3.82. The Balaban J connectivity index is 1.84. The van der Waals surface area contributed by atoms with Gasteiger partial charge in [-0.2, -0.15) is 0 Å². The lowest BCUT2D eigenvalue weighted by atomic mass is 10.4. The van der Waals surface area contributed by atoms with Crippen LogP contribution in [0.2, 0.25) is 0 Å². The van der Waals surface area contributed by atoms with Crippen LogP contribution in [0.25, 0.3) is 0 Å². The summed E-state index contributed by atoms with van der Waals surface area (Å²) in [5, 5.41) is 6.60. The average Bonchev–Trinajstić information content (AvgIpc) is 3.08. The molecule has 0 spiro atoms. The minimum absolute atomic E-state index is 0.676. The highest BCUT2D eigenvalue weighted by atomic mass is 32.1. The molecule has 6 heteroatoms. The molecule has 0 aromatic carbocycles. The zero-order valence-electron chi connectivity index (χ0n) is 12.0. The van der Waals surface area contributed by atoms with Crippen molar-refractivity contribution in [1.82, 2.24) is 20.2 Å². The van der Waals surface area contributed by atoms with Crippen LogP contribution in [-0.2, 0) is 13.1 Å². The standard InChI is InChI=1S/C14H21N5S/c1-3-15-14(16-6-9-19-7-4-5-8-19)17-10-13-12(2)18-11-20-13/h4-5,7-8,11H,3,6,9-10H2,1-2H3,(H2,15,16,17). The molecule has 0 saturated heterocycles. The molecule has 0 radical (unpaired) electrons. The highest BCUT2D eigenvalue weighted by molar-refractivity contribution is 7.09. The number of rotatable bonds is 6. The largest absolute Gasteiger partial charge is 0.357 e. The topological polar surface area (TPSA) is 54.2 Å². The Labute approximate surface area is 123 Å². The maximum Gasteiger partial charge on any atom is 0.191 e. The molecule has 0 fully saturated rings. The molecule has 20 heavy (non-hydrogen) atoms. The van der Waals surface area contributed by atoms with Gasteiger partial charge >= 0.3 is 0 Å². The fourth-order valence-electron chi connectivity index (χ4n) is 1.79. The summed E-state index contributed by atoms with van der Waals surface area (Å²) in [5.41, 5.74) is 2.94. The summed E-state index contributed by atoms with van der Waals surface area (Å²) in [6.07, 6.45) is 4.12. The summed E-state index contributed by atoms with van der Waals surface area (Å²) < 4.78 is 2.14. The normalized spacial score (nSPS) is 11.6. The van der Waals surface area contributed by atoms with Crippen LogP contribution in [0.4, 0.5) is 0 Å². The minimum atomic E-state index is 0.676. The molecule has 2 rings (SSSR count). The summed E-state index contributed by atoms with van der Waals surface area (Å²) in [5.74, 6) is 0.854. The number of guanidine groups is 1. The molecule has 0 bridgehead atoms. The SMILES string of the molecule is CCNC(=NCc1scnc1C)NCCn1cccc1. The van der Waals surface area contributed by atoms with Crippen LogP contribution in [0, 0.1) is 6.92 Å². The van der Waals surface area contributed by atoms with E-state index in [2.05, 4.69) is 44.5 Å². The molecule has 0 aliphatic heterocycles. The summed E-state index contributed by atoms with van der Waals surface area (Å²) in [7, 11) is 0. The third kappa shape index (κ3) is 4.38. The van der Waals surface area contributed by atoms with Crippen LogP contribution in [0.15, 0.2) is 35.0 Å². The van der Waals surface area contributed by atoms with Gasteiger partial charge in [-0.25, -0.2) is 9.98 Å². The van der Waals surface area contributed by atoms with Crippen LogP contribution in [0.1, 0.15) is 17.5 Å². The molecule has 108 valence electrons. The number of aromatic nitrogens is 2. The van der Waals surface area contributed by atoms with Crippen LogP contribution < -0.4 is 10.6 Å². The number of hydrogen-bond acceptors (Lipinski definition) is 3. The van der Waals surface area contributed by atoms with E-state index in [0.717, 1.165) is 31.3 Å². The molecule has 2 aromatic rings. The molecule has 0 aliphatic rings. The van der Waals surface area contributed by atoms with Gasteiger partial charge in [-0.05, 0) is 26.0 Å². The summed E-state index contributed by atoms with van der Waals surface area (Å²) in [6, 6.07) is 4.07. The van der Waals surface area contributed by atoms with Crippen molar-refractivity contribution in [1.29, 1.82) is 0 Å². The quantitative estimate of drug-likeness (QED) is 0.632. The van der Waals surface area contributed by atoms with Crippen molar-refractivity contribution in [2.24, 2.45) is 4.99 Å². The highest BCUT2D eigenvalue weighted by Gasteiger charge is 2.01. The molecule has 5 nitrogen and oxygen atoms in total. The minimum Gasteiger partial charge on any atom is -0.357 e. The van der Waals surface area contributed by atoms with Gasteiger partial charge in [0.2, 0.25) is 0 Å². The van der Waals surface area contributed by atoms with E-state index in [4.69, 9.17) is 0 Å². The van der Waals surface area contributed by atoms with Crippen LogP contribution in [-0.4, -0.2) is 28.6 Å². The van der Waals surface area contributed by atoms with Gasteiger partial charge in [-0.15, -0.1) is 11.3 Å². The Bertz CT molecular complexity index is 530. The summed E-state index contributed by atoms with van der Waals surface area (Å²) in [6.45, 7) is 7.40. The Morgan fingerprint density at radius 3 is 2.80 bits per heavy atom. The Kier molecular flexibility index (Phi) is 5.61. The van der Waals surface area contributed by atoms with Crippen molar-refractivity contribution in [3.63, 3.8) is 0 Å². The van der Waals surface area contributed by atoms with Crippen molar-refractivity contribution < 1.29 is 0 Å². The Hall–Kier alpha value is -1.82. The molecule has 0 aliphatic carbocycles. The number of aryl methyl sites for hydroxylation is 1. The zero-order valence-corrected chi connectivity index (χ0v) is 12.8. The van der Waals surface area contributed by atoms with E-state index in [1.54, 1.807) is 11.3 Å². The first kappa shape index (κ1) is 14.6. The molecule has 0 amide bonds. The first-order valence-electron chi connectivity index (χ1n) is 6.81. The second-order valence-electron chi connectivity index (χ2n) is 4.40. The Morgan fingerprint density at radius 1 is 1.35 bits per heavy atom. The molecular weight excluding hydrogens is 270 g/mol. The number of hydrogen-bond donors (Lipinski definition) is 2. The zero-order chi connectivity index (χ0) is 14.2. The van der Waals surface area contributed by atoms with Crippen LogP contribution in [0.5, 0.6) is 0 Å². The lowest BCUT2D eigenvalue weighted by Gasteiger charge is -2.11. The molecule has 2 N–H and O–H groups in total. The van der Waals surface area contributed by atoms with Gasteiger partial charge in [0, 0.05) is 36.9 Å². The van der Waals surface area contributed by atoms with Gasteiger partial charge < -0.3 is 15.2 Å². The van der Waals surface area contributed by atoms with Crippen molar-refractivity contribution in [2.45, 2.75) is 26.9 Å². The monoisotopic (exact) mass is 291 g/mol. The second-order valence-corrected chi connectivity index (χ2v) is 5.34. The molecule has 0 unspecified atom stereocenters. The molecule has 0 atom stereocenters. The van der Waals surface area contributed by atoms with E-state index in [9.17, 15) is 0 Å². The number of aliphatic imine (C=N–C) groups is 1. The summed E-state index contributed by atoms with van der Waals surface area (Å²) >= 11 is 1.65. The van der Waals surface area contributed by atoms with Gasteiger partial charge in [0.05, 0.1) is 17.7 Å². The maximum absolute atomic E-state index is 4.59. The second kappa shape index (κ2) is 7.69. The van der Waals surface area contributed by atoms with Crippen LogP contribution >= 0.6 is 11.3 Å². The van der Waals surface area contributed by atoms with Gasteiger partial charge in [0.25, 0.3) is 0 Å². The van der Waals surface area contributed by atoms with Crippen LogP contribution in [0.3, 0.4) is 0 Å². The van der Waals surface area contributed by atoms with Crippen molar-refractivity contribution >= 4 is 17.3 Å². The number of nitrogens with one attached hydrogen (secondary N) is 2. The van der Waals surface area contributed by atoms with E-state index >= 15 is 0 Å². The lowest BCUT2D eigenvalue weighted by molar-refractivity contribution is 0.666. The van der Waals surface area contributed by atoms with Crippen molar-refractivity contribution in [3.05, 3.63) is 40.6 Å². The maximum atomic E-state index is 4.59. The van der Waals surface area contributed by atoms with E-state index in [0.29, 0.717) is 6.54 Å². The Morgan fingerprint density at radius 2 is 2.15 bits per heavy atom. The predicted molar refractivity (Wildman–Crippen MR) is 84.1 cm³/mol. The lowest BCUT2D eigenvalue weighted by Crippen LogP contribution is -2.38. The van der Waals surface area contributed by atoms with Gasteiger partial charge in [-0.1, -0.05) is 0 Å². The van der Waals surface area contributed by atoms with E-state index in [1.165, 1.54) is 4.88 Å².